The summed E-state index contributed by atoms with van der Waals surface area (Å²) in [7, 11) is 1.94. The first-order valence-corrected chi connectivity index (χ1v) is 6.49. The average molecular weight is 248 g/mol. The standard InChI is InChI=1S/C14H20N2O2/c1-10-7-8-15-13(12(10)14(17)18)16(2)9-11-5-3-4-6-11/h7-8,11H,3-6,9H2,1-2H3,(H,17,18). The van der Waals surface area contributed by atoms with Crippen LogP contribution in [0.25, 0.3) is 0 Å². The zero-order valence-corrected chi connectivity index (χ0v) is 11.0. The number of aryl methyl sites for hydroxylation is 1. The summed E-state index contributed by atoms with van der Waals surface area (Å²) in [6, 6.07) is 1.75. The van der Waals surface area contributed by atoms with Crippen molar-refractivity contribution < 1.29 is 9.90 Å². The summed E-state index contributed by atoms with van der Waals surface area (Å²) in [6.45, 7) is 2.72. The molecule has 1 aliphatic carbocycles. The van der Waals surface area contributed by atoms with Crippen LogP contribution in [0, 0.1) is 12.8 Å². The molecule has 0 unspecified atom stereocenters. The zero-order chi connectivity index (χ0) is 13.1. The highest BCUT2D eigenvalue weighted by molar-refractivity contribution is 5.94. The van der Waals surface area contributed by atoms with Gasteiger partial charge in [-0.2, -0.15) is 0 Å². The lowest BCUT2D eigenvalue weighted by molar-refractivity contribution is 0.0696. The Bertz CT molecular complexity index is 439. The number of nitrogens with zero attached hydrogens (tertiary/aromatic N) is 2. The van der Waals surface area contributed by atoms with Crippen molar-refractivity contribution in [1.82, 2.24) is 4.98 Å². The largest absolute Gasteiger partial charge is 0.478 e. The van der Waals surface area contributed by atoms with E-state index in [9.17, 15) is 9.90 Å². The van der Waals surface area contributed by atoms with Gasteiger partial charge in [-0.25, -0.2) is 9.78 Å². The highest BCUT2D eigenvalue weighted by Crippen LogP contribution is 2.28. The molecule has 1 aromatic rings. The second kappa shape index (κ2) is 5.38. The number of aromatic carboxylic acids is 1. The first-order valence-electron chi connectivity index (χ1n) is 6.49. The predicted molar refractivity (Wildman–Crippen MR) is 71.2 cm³/mol. The number of carbonyl (C=O) groups is 1. The van der Waals surface area contributed by atoms with Gasteiger partial charge < -0.3 is 10.0 Å². The van der Waals surface area contributed by atoms with Crippen LogP contribution in [0.15, 0.2) is 12.3 Å². The fraction of sp³-hybridized carbons (Fsp3) is 0.571. The summed E-state index contributed by atoms with van der Waals surface area (Å²) in [5.74, 6) is 0.377. The Hall–Kier alpha value is -1.58. The molecule has 0 aromatic carbocycles. The number of carboxylic acid groups (broad SMARTS) is 1. The number of aromatic nitrogens is 1. The molecule has 98 valence electrons. The maximum Gasteiger partial charge on any atom is 0.339 e. The second-order valence-electron chi connectivity index (χ2n) is 5.16. The van der Waals surface area contributed by atoms with Gasteiger partial charge in [-0.1, -0.05) is 12.8 Å². The minimum atomic E-state index is -0.895. The van der Waals surface area contributed by atoms with E-state index in [1.165, 1.54) is 25.7 Å². The quantitative estimate of drug-likeness (QED) is 0.890. The Balaban J connectivity index is 2.20. The highest BCUT2D eigenvalue weighted by Gasteiger charge is 2.21. The van der Waals surface area contributed by atoms with E-state index in [0.29, 0.717) is 17.3 Å². The van der Waals surface area contributed by atoms with Gasteiger partial charge in [0.2, 0.25) is 0 Å². The Morgan fingerprint density at radius 3 is 2.78 bits per heavy atom. The van der Waals surface area contributed by atoms with Gasteiger partial charge in [0.15, 0.2) is 0 Å². The fourth-order valence-electron chi connectivity index (χ4n) is 2.76. The van der Waals surface area contributed by atoms with E-state index >= 15 is 0 Å². The van der Waals surface area contributed by atoms with Gasteiger partial charge in [-0.3, -0.25) is 0 Å². The summed E-state index contributed by atoms with van der Waals surface area (Å²) in [5.41, 5.74) is 1.10. The molecule has 0 aliphatic heterocycles. The second-order valence-corrected chi connectivity index (χ2v) is 5.16. The lowest BCUT2D eigenvalue weighted by Crippen LogP contribution is -2.27. The van der Waals surface area contributed by atoms with Crippen LogP contribution in [-0.4, -0.2) is 29.7 Å². The molecule has 0 atom stereocenters. The Kier molecular flexibility index (Phi) is 3.84. The molecule has 1 aromatic heterocycles. The third-order valence-corrected chi connectivity index (χ3v) is 3.72. The smallest absolute Gasteiger partial charge is 0.339 e. The van der Waals surface area contributed by atoms with Gasteiger partial charge in [0.1, 0.15) is 11.4 Å². The van der Waals surface area contributed by atoms with Crippen LogP contribution in [0.3, 0.4) is 0 Å². The van der Waals surface area contributed by atoms with Gasteiger partial charge in [0.05, 0.1) is 0 Å². The maximum atomic E-state index is 11.3. The third-order valence-electron chi connectivity index (χ3n) is 3.72. The molecule has 0 saturated heterocycles. The highest BCUT2D eigenvalue weighted by atomic mass is 16.4. The van der Waals surface area contributed by atoms with Crippen LogP contribution in [0.4, 0.5) is 5.82 Å². The van der Waals surface area contributed by atoms with E-state index < -0.39 is 5.97 Å². The SMILES string of the molecule is Cc1ccnc(N(C)CC2CCCC2)c1C(=O)O. The fourth-order valence-corrected chi connectivity index (χ4v) is 2.76. The van der Waals surface area contributed by atoms with Gasteiger partial charge in [0.25, 0.3) is 0 Å². The van der Waals surface area contributed by atoms with Crippen LogP contribution >= 0.6 is 0 Å². The molecule has 1 fully saturated rings. The first kappa shape index (κ1) is 12.9. The molecular formula is C14H20N2O2. The molecule has 0 amide bonds. The number of anilines is 1. The number of carboxylic acids is 1. The van der Waals surface area contributed by atoms with Crippen LogP contribution in [0.2, 0.25) is 0 Å². The van der Waals surface area contributed by atoms with E-state index in [2.05, 4.69) is 4.98 Å². The number of rotatable bonds is 4. The normalized spacial score (nSPS) is 15.9. The molecule has 0 radical (unpaired) electrons. The number of hydrogen-bond acceptors (Lipinski definition) is 3. The van der Waals surface area contributed by atoms with E-state index in [4.69, 9.17) is 0 Å². The van der Waals surface area contributed by atoms with Gasteiger partial charge >= 0.3 is 5.97 Å². The Morgan fingerprint density at radius 1 is 1.50 bits per heavy atom. The minimum absolute atomic E-state index is 0.331. The monoisotopic (exact) mass is 248 g/mol. The van der Waals surface area contributed by atoms with Crippen molar-refractivity contribution >= 4 is 11.8 Å². The first-order chi connectivity index (χ1) is 8.59. The maximum absolute atomic E-state index is 11.3. The van der Waals surface area contributed by atoms with E-state index in [1.54, 1.807) is 12.3 Å². The molecule has 0 spiro atoms. The lowest BCUT2D eigenvalue weighted by atomic mass is 10.1. The number of hydrogen-bond donors (Lipinski definition) is 1. The zero-order valence-electron chi connectivity index (χ0n) is 11.0. The third kappa shape index (κ3) is 2.63. The minimum Gasteiger partial charge on any atom is -0.478 e. The van der Waals surface area contributed by atoms with Gasteiger partial charge in [0, 0.05) is 19.8 Å². The molecular weight excluding hydrogens is 228 g/mol. The van der Waals surface area contributed by atoms with Crippen molar-refractivity contribution in [1.29, 1.82) is 0 Å². The van der Waals surface area contributed by atoms with E-state index in [0.717, 1.165) is 12.1 Å². The van der Waals surface area contributed by atoms with Crippen LogP contribution in [-0.2, 0) is 0 Å². The molecule has 4 heteroatoms. The van der Waals surface area contributed by atoms with E-state index in [-0.39, 0.29) is 0 Å². The molecule has 1 heterocycles. The van der Waals surface area contributed by atoms with Crippen LogP contribution in [0.1, 0.15) is 41.6 Å². The average Bonchev–Trinajstić information content (AvgIpc) is 2.80. The summed E-state index contributed by atoms with van der Waals surface area (Å²) < 4.78 is 0. The predicted octanol–water partition coefficient (Wildman–Crippen LogP) is 2.71. The van der Waals surface area contributed by atoms with Crippen molar-refractivity contribution in [2.45, 2.75) is 32.6 Å². The molecule has 0 bridgehead atoms. The molecule has 1 N–H and O–H groups in total. The topological polar surface area (TPSA) is 53.4 Å². The number of pyridine rings is 1. The lowest BCUT2D eigenvalue weighted by Gasteiger charge is -2.23. The van der Waals surface area contributed by atoms with Gasteiger partial charge in [-0.05, 0) is 37.3 Å². The van der Waals surface area contributed by atoms with Crippen molar-refractivity contribution in [2.75, 3.05) is 18.5 Å². The van der Waals surface area contributed by atoms with Crippen molar-refractivity contribution in [3.05, 3.63) is 23.4 Å². The van der Waals surface area contributed by atoms with E-state index in [1.807, 2.05) is 18.9 Å². The molecule has 18 heavy (non-hydrogen) atoms. The molecule has 4 nitrogen and oxygen atoms in total. The summed E-state index contributed by atoms with van der Waals surface area (Å²) in [6.07, 6.45) is 6.77. The molecule has 2 rings (SSSR count). The molecule has 1 saturated carbocycles. The molecule has 1 aliphatic rings. The summed E-state index contributed by atoms with van der Waals surface area (Å²) >= 11 is 0. The van der Waals surface area contributed by atoms with Crippen molar-refractivity contribution in [3.8, 4) is 0 Å². The van der Waals surface area contributed by atoms with Crippen LogP contribution < -0.4 is 4.90 Å². The summed E-state index contributed by atoms with van der Waals surface area (Å²) in [4.78, 5) is 17.6. The Labute approximate surface area is 108 Å². The van der Waals surface area contributed by atoms with Crippen molar-refractivity contribution in [3.63, 3.8) is 0 Å². The van der Waals surface area contributed by atoms with Gasteiger partial charge in [-0.15, -0.1) is 0 Å². The van der Waals surface area contributed by atoms with Crippen LogP contribution in [0.5, 0.6) is 0 Å². The van der Waals surface area contributed by atoms with Crippen molar-refractivity contribution in [2.24, 2.45) is 5.92 Å². The summed E-state index contributed by atoms with van der Waals surface area (Å²) in [5, 5.41) is 9.29. The Morgan fingerprint density at radius 2 is 2.17 bits per heavy atom.